The summed E-state index contributed by atoms with van der Waals surface area (Å²) in [5.41, 5.74) is 0.333. The normalized spacial score (nSPS) is 12.4. The molecule has 0 radical (unpaired) electrons. The molecule has 0 saturated carbocycles. The summed E-state index contributed by atoms with van der Waals surface area (Å²) in [5.74, 6) is -0.299. The summed E-state index contributed by atoms with van der Waals surface area (Å²) in [7, 11) is 1.69. The summed E-state index contributed by atoms with van der Waals surface area (Å²) in [6.07, 6.45) is -0.858. The summed E-state index contributed by atoms with van der Waals surface area (Å²) in [6, 6.07) is 3.94. The SMILES string of the molecule is CC(C)N(C)C(=O)COc1ccc(F)cc1[C@H](C)O. The Labute approximate surface area is 112 Å². The van der Waals surface area contributed by atoms with Crippen molar-refractivity contribution in [1.82, 2.24) is 4.90 Å². The lowest BCUT2D eigenvalue weighted by Crippen LogP contribution is -2.36. The number of aliphatic hydroxyl groups excluding tert-OH is 1. The minimum atomic E-state index is -0.858. The van der Waals surface area contributed by atoms with E-state index in [1.807, 2.05) is 13.8 Å². The van der Waals surface area contributed by atoms with Gasteiger partial charge in [0, 0.05) is 18.7 Å². The van der Waals surface area contributed by atoms with Crippen molar-refractivity contribution >= 4 is 5.91 Å². The number of halogens is 1. The molecule has 0 spiro atoms. The fourth-order valence-corrected chi connectivity index (χ4v) is 1.51. The Balaban J connectivity index is 2.75. The van der Waals surface area contributed by atoms with Crippen molar-refractivity contribution in [3.05, 3.63) is 29.6 Å². The van der Waals surface area contributed by atoms with Gasteiger partial charge in [-0.05, 0) is 39.0 Å². The second-order valence-electron chi connectivity index (χ2n) is 4.75. The Morgan fingerprint density at radius 2 is 2.05 bits per heavy atom. The largest absolute Gasteiger partial charge is 0.483 e. The molecular weight excluding hydrogens is 249 g/mol. The fraction of sp³-hybridized carbons (Fsp3) is 0.500. The average molecular weight is 269 g/mol. The first-order chi connectivity index (χ1) is 8.82. The van der Waals surface area contributed by atoms with Crippen LogP contribution in [-0.4, -0.2) is 35.6 Å². The summed E-state index contributed by atoms with van der Waals surface area (Å²) in [4.78, 5) is 13.3. The van der Waals surface area contributed by atoms with E-state index in [-0.39, 0.29) is 18.6 Å². The molecule has 1 rings (SSSR count). The van der Waals surface area contributed by atoms with Gasteiger partial charge in [0.2, 0.25) is 0 Å². The monoisotopic (exact) mass is 269 g/mol. The summed E-state index contributed by atoms with van der Waals surface area (Å²) in [6.45, 7) is 5.18. The number of benzene rings is 1. The van der Waals surface area contributed by atoms with E-state index in [0.717, 1.165) is 0 Å². The van der Waals surface area contributed by atoms with E-state index in [1.165, 1.54) is 25.1 Å². The smallest absolute Gasteiger partial charge is 0.260 e. The molecule has 1 aromatic rings. The van der Waals surface area contributed by atoms with E-state index in [2.05, 4.69) is 0 Å². The lowest BCUT2D eigenvalue weighted by molar-refractivity contribution is -0.133. The maximum absolute atomic E-state index is 13.1. The van der Waals surface area contributed by atoms with Gasteiger partial charge in [0.05, 0.1) is 6.10 Å². The van der Waals surface area contributed by atoms with E-state index in [9.17, 15) is 14.3 Å². The topological polar surface area (TPSA) is 49.8 Å². The van der Waals surface area contributed by atoms with Gasteiger partial charge in [-0.2, -0.15) is 0 Å². The molecule has 0 aliphatic heterocycles. The first-order valence-corrected chi connectivity index (χ1v) is 6.19. The van der Waals surface area contributed by atoms with Crippen molar-refractivity contribution < 1.29 is 19.0 Å². The molecule has 0 saturated heterocycles. The third kappa shape index (κ3) is 4.21. The van der Waals surface area contributed by atoms with Crippen molar-refractivity contribution in [2.75, 3.05) is 13.7 Å². The van der Waals surface area contributed by atoms with Crippen LogP contribution in [0.5, 0.6) is 5.75 Å². The Hall–Kier alpha value is -1.62. The van der Waals surface area contributed by atoms with Crippen LogP contribution in [0.4, 0.5) is 4.39 Å². The van der Waals surface area contributed by atoms with Crippen molar-refractivity contribution in [3.63, 3.8) is 0 Å². The third-order valence-electron chi connectivity index (χ3n) is 2.94. The molecule has 19 heavy (non-hydrogen) atoms. The minimum Gasteiger partial charge on any atom is -0.483 e. The Bertz CT molecular complexity index is 446. The van der Waals surface area contributed by atoms with Crippen LogP contribution in [0.1, 0.15) is 32.4 Å². The number of carbonyl (C=O) groups is 1. The van der Waals surface area contributed by atoms with Gasteiger partial charge >= 0.3 is 0 Å². The highest BCUT2D eigenvalue weighted by molar-refractivity contribution is 5.77. The quantitative estimate of drug-likeness (QED) is 0.890. The summed E-state index contributed by atoms with van der Waals surface area (Å²) < 4.78 is 18.5. The van der Waals surface area contributed by atoms with E-state index >= 15 is 0 Å². The van der Waals surface area contributed by atoms with Crippen LogP contribution in [0.2, 0.25) is 0 Å². The number of carbonyl (C=O) groups excluding carboxylic acids is 1. The van der Waals surface area contributed by atoms with Gasteiger partial charge in [0.15, 0.2) is 6.61 Å². The molecule has 0 aromatic heterocycles. The second kappa shape index (κ2) is 6.52. The number of rotatable bonds is 5. The maximum Gasteiger partial charge on any atom is 0.260 e. The molecule has 1 atom stereocenters. The van der Waals surface area contributed by atoms with Crippen LogP contribution in [0, 0.1) is 5.82 Å². The molecule has 0 fully saturated rings. The Morgan fingerprint density at radius 1 is 1.42 bits per heavy atom. The van der Waals surface area contributed by atoms with Gasteiger partial charge in [0.1, 0.15) is 11.6 Å². The van der Waals surface area contributed by atoms with Gasteiger partial charge in [-0.3, -0.25) is 4.79 Å². The average Bonchev–Trinajstić information content (AvgIpc) is 2.35. The number of likely N-dealkylation sites (N-methyl/N-ethyl adjacent to an activating group) is 1. The summed E-state index contributed by atoms with van der Waals surface area (Å²) in [5, 5.41) is 9.55. The fourth-order valence-electron chi connectivity index (χ4n) is 1.51. The standard InChI is InChI=1S/C14H20FNO3/c1-9(2)16(4)14(18)8-19-13-6-5-11(15)7-12(13)10(3)17/h5-7,9-10,17H,8H2,1-4H3/t10-/m0/s1. The van der Waals surface area contributed by atoms with E-state index in [4.69, 9.17) is 4.74 Å². The van der Waals surface area contributed by atoms with Crippen molar-refractivity contribution in [2.24, 2.45) is 0 Å². The van der Waals surface area contributed by atoms with E-state index in [1.54, 1.807) is 11.9 Å². The maximum atomic E-state index is 13.1. The third-order valence-corrected chi connectivity index (χ3v) is 2.94. The van der Waals surface area contributed by atoms with E-state index < -0.39 is 11.9 Å². The molecule has 0 aliphatic rings. The highest BCUT2D eigenvalue weighted by Crippen LogP contribution is 2.25. The lowest BCUT2D eigenvalue weighted by Gasteiger charge is -2.22. The molecule has 4 nitrogen and oxygen atoms in total. The first-order valence-electron chi connectivity index (χ1n) is 6.19. The van der Waals surface area contributed by atoms with Crippen LogP contribution >= 0.6 is 0 Å². The van der Waals surface area contributed by atoms with Crippen LogP contribution in [0.3, 0.4) is 0 Å². The zero-order chi connectivity index (χ0) is 14.6. The molecule has 106 valence electrons. The van der Waals surface area contributed by atoms with Gasteiger partial charge in [0.25, 0.3) is 5.91 Å². The van der Waals surface area contributed by atoms with Crippen molar-refractivity contribution in [3.8, 4) is 5.75 Å². The van der Waals surface area contributed by atoms with E-state index in [0.29, 0.717) is 11.3 Å². The molecule has 1 N–H and O–H groups in total. The highest BCUT2D eigenvalue weighted by Gasteiger charge is 2.15. The van der Waals surface area contributed by atoms with Gasteiger partial charge in [-0.1, -0.05) is 0 Å². The zero-order valence-electron chi connectivity index (χ0n) is 11.7. The number of amides is 1. The second-order valence-corrected chi connectivity index (χ2v) is 4.75. The predicted molar refractivity (Wildman–Crippen MR) is 70.4 cm³/mol. The van der Waals surface area contributed by atoms with Crippen molar-refractivity contribution in [2.45, 2.75) is 32.9 Å². The van der Waals surface area contributed by atoms with Gasteiger partial charge in [-0.15, -0.1) is 0 Å². The number of nitrogens with zero attached hydrogens (tertiary/aromatic N) is 1. The Kier molecular flexibility index (Phi) is 5.30. The molecule has 0 unspecified atom stereocenters. The van der Waals surface area contributed by atoms with Crippen LogP contribution in [0.25, 0.3) is 0 Å². The molecule has 0 heterocycles. The molecule has 0 bridgehead atoms. The highest BCUT2D eigenvalue weighted by atomic mass is 19.1. The molecular formula is C14H20FNO3. The number of hydrogen-bond acceptors (Lipinski definition) is 3. The molecule has 1 amide bonds. The lowest BCUT2D eigenvalue weighted by atomic mass is 10.1. The number of ether oxygens (including phenoxy) is 1. The summed E-state index contributed by atoms with van der Waals surface area (Å²) >= 11 is 0. The van der Waals surface area contributed by atoms with Crippen LogP contribution in [-0.2, 0) is 4.79 Å². The molecule has 0 aliphatic carbocycles. The number of hydrogen-bond donors (Lipinski definition) is 1. The van der Waals surface area contributed by atoms with Gasteiger partial charge < -0.3 is 14.7 Å². The van der Waals surface area contributed by atoms with Gasteiger partial charge in [-0.25, -0.2) is 4.39 Å². The van der Waals surface area contributed by atoms with Crippen LogP contribution in [0.15, 0.2) is 18.2 Å². The molecule has 1 aromatic carbocycles. The van der Waals surface area contributed by atoms with Crippen LogP contribution < -0.4 is 4.74 Å². The number of aliphatic hydroxyl groups is 1. The Morgan fingerprint density at radius 3 is 2.58 bits per heavy atom. The zero-order valence-corrected chi connectivity index (χ0v) is 11.7. The minimum absolute atomic E-state index is 0.0838. The predicted octanol–water partition coefficient (Wildman–Crippen LogP) is 2.12. The first kappa shape index (κ1) is 15.4. The van der Waals surface area contributed by atoms with Crippen molar-refractivity contribution in [1.29, 1.82) is 0 Å². The molecule has 5 heteroatoms.